The van der Waals surface area contributed by atoms with Gasteiger partial charge in [0.25, 0.3) is 5.69 Å². The Morgan fingerprint density at radius 3 is 2.68 bits per heavy atom. The van der Waals surface area contributed by atoms with Crippen LogP contribution in [0.25, 0.3) is 10.9 Å². The Labute approximate surface area is 162 Å². The first-order chi connectivity index (χ1) is 13.4. The number of hydrogen-bond acceptors (Lipinski definition) is 6. The molecule has 28 heavy (non-hydrogen) atoms. The van der Waals surface area contributed by atoms with E-state index in [2.05, 4.69) is 9.71 Å². The normalized spacial score (nSPS) is 11.5. The predicted octanol–water partition coefficient (Wildman–Crippen LogP) is 3.20. The van der Waals surface area contributed by atoms with Crippen LogP contribution < -0.4 is 9.46 Å². The number of nitrogens with one attached hydrogen (secondary N) is 1. The van der Waals surface area contributed by atoms with Crippen LogP contribution in [0.1, 0.15) is 12.0 Å². The molecule has 0 amide bonds. The van der Waals surface area contributed by atoms with Crippen LogP contribution in [0.2, 0.25) is 0 Å². The number of nitro groups is 1. The van der Waals surface area contributed by atoms with E-state index in [-0.39, 0.29) is 18.0 Å². The molecule has 0 aliphatic carbocycles. The highest BCUT2D eigenvalue weighted by Gasteiger charge is 2.27. The van der Waals surface area contributed by atoms with E-state index in [4.69, 9.17) is 4.74 Å². The van der Waals surface area contributed by atoms with Crippen molar-refractivity contribution in [1.82, 2.24) is 9.71 Å². The summed E-state index contributed by atoms with van der Waals surface area (Å²) in [6.45, 7) is 1.89. The van der Waals surface area contributed by atoms with Crippen molar-refractivity contribution in [3.63, 3.8) is 0 Å². The summed E-state index contributed by atoms with van der Waals surface area (Å²) in [7, 11) is -4.01. The molecule has 0 bridgehead atoms. The SMILES string of the molecule is Cc1cccc([N+](=O)[O-])c1S(=O)(=O)NCCCOc1cccc2cccnc12. The lowest BCUT2D eigenvalue weighted by Crippen LogP contribution is -2.27. The summed E-state index contributed by atoms with van der Waals surface area (Å²) in [5, 5.41) is 12.1. The lowest BCUT2D eigenvalue weighted by Gasteiger charge is -2.11. The molecule has 9 heteroatoms. The van der Waals surface area contributed by atoms with Crippen molar-refractivity contribution >= 4 is 26.6 Å². The van der Waals surface area contributed by atoms with Gasteiger partial charge < -0.3 is 4.74 Å². The number of aryl methyl sites for hydroxylation is 1. The largest absolute Gasteiger partial charge is 0.491 e. The number of benzene rings is 2. The smallest absolute Gasteiger partial charge is 0.289 e. The van der Waals surface area contributed by atoms with Gasteiger partial charge in [0.2, 0.25) is 10.0 Å². The Hall–Kier alpha value is -3.04. The fraction of sp³-hybridized carbons (Fsp3) is 0.211. The quantitative estimate of drug-likeness (QED) is 0.352. The molecule has 1 heterocycles. The molecule has 0 aliphatic heterocycles. The zero-order valence-corrected chi connectivity index (χ0v) is 16.0. The molecule has 0 unspecified atom stereocenters. The van der Waals surface area contributed by atoms with Crippen molar-refractivity contribution in [3.8, 4) is 5.75 Å². The molecular formula is C19H19N3O5S. The van der Waals surface area contributed by atoms with Gasteiger partial charge in [-0.2, -0.15) is 0 Å². The van der Waals surface area contributed by atoms with Crippen LogP contribution in [0.4, 0.5) is 5.69 Å². The maximum Gasteiger partial charge on any atom is 0.289 e. The van der Waals surface area contributed by atoms with Crippen molar-refractivity contribution < 1.29 is 18.1 Å². The van der Waals surface area contributed by atoms with Gasteiger partial charge in [0, 0.05) is 24.2 Å². The van der Waals surface area contributed by atoms with Gasteiger partial charge in [0.1, 0.15) is 11.3 Å². The zero-order chi connectivity index (χ0) is 20.1. The van der Waals surface area contributed by atoms with E-state index in [9.17, 15) is 18.5 Å². The predicted molar refractivity (Wildman–Crippen MR) is 105 cm³/mol. The molecule has 0 atom stereocenters. The van der Waals surface area contributed by atoms with Gasteiger partial charge in [-0.1, -0.05) is 30.3 Å². The van der Waals surface area contributed by atoms with Crippen LogP contribution in [0.3, 0.4) is 0 Å². The van der Waals surface area contributed by atoms with Crippen LogP contribution in [0.15, 0.2) is 59.6 Å². The van der Waals surface area contributed by atoms with E-state index in [1.54, 1.807) is 12.3 Å². The van der Waals surface area contributed by atoms with Gasteiger partial charge in [-0.25, -0.2) is 13.1 Å². The average Bonchev–Trinajstić information content (AvgIpc) is 2.67. The number of sulfonamides is 1. The van der Waals surface area contributed by atoms with Gasteiger partial charge in [0.15, 0.2) is 4.90 Å². The third-order valence-electron chi connectivity index (χ3n) is 4.12. The second-order valence-corrected chi connectivity index (χ2v) is 7.82. The number of nitrogens with zero attached hydrogens (tertiary/aromatic N) is 2. The van der Waals surface area contributed by atoms with Crippen molar-refractivity contribution in [2.75, 3.05) is 13.2 Å². The van der Waals surface area contributed by atoms with Crippen LogP contribution in [0, 0.1) is 17.0 Å². The minimum atomic E-state index is -4.01. The van der Waals surface area contributed by atoms with E-state index in [0.717, 1.165) is 10.9 Å². The molecule has 0 aliphatic rings. The Balaban J connectivity index is 1.62. The fourth-order valence-electron chi connectivity index (χ4n) is 2.86. The molecule has 1 N–H and O–H groups in total. The van der Waals surface area contributed by atoms with Gasteiger partial charge in [-0.15, -0.1) is 0 Å². The maximum absolute atomic E-state index is 12.5. The second-order valence-electron chi connectivity index (χ2n) is 6.11. The number of pyridine rings is 1. The van der Waals surface area contributed by atoms with Gasteiger partial charge in [-0.3, -0.25) is 15.1 Å². The summed E-state index contributed by atoms with van der Waals surface area (Å²) in [5.74, 6) is 0.621. The van der Waals surface area contributed by atoms with Crippen LogP contribution in [-0.4, -0.2) is 31.5 Å². The molecule has 3 rings (SSSR count). The number of aromatic nitrogens is 1. The van der Waals surface area contributed by atoms with Crippen LogP contribution >= 0.6 is 0 Å². The summed E-state index contributed by atoms with van der Waals surface area (Å²) in [6.07, 6.45) is 2.07. The number of para-hydroxylation sites is 1. The van der Waals surface area contributed by atoms with E-state index in [1.807, 2.05) is 24.3 Å². The Bertz CT molecular complexity index is 1110. The van der Waals surface area contributed by atoms with E-state index < -0.39 is 20.6 Å². The summed E-state index contributed by atoms with van der Waals surface area (Å²) in [5.41, 5.74) is 0.617. The van der Waals surface area contributed by atoms with Gasteiger partial charge >= 0.3 is 0 Å². The first-order valence-corrected chi connectivity index (χ1v) is 10.1. The van der Waals surface area contributed by atoms with Crippen LogP contribution in [-0.2, 0) is 10.0 Å². The number of ether oxygens (including phenoxy) is 1. The molecule has 146 valence electrons. The fourth-order valence-corrected chi connectivity index (χ4v) is 4.32. The summed E-state index contributed by atoms with van der Waals surface area (Å²) in [4.78, 5) is 14.4. The first kappa shape index (κ1) is 19.7. The Kier molecular flexibility index (Phi) is 5.86. The molecular weight excluding hydrogens is 382 g/mol. The highest BCUT2D eigenvalue weighted by Crippen LogP contribution is 2.26. The van der Waals surface area contributed by atoms with E-state index in [1.165, 1.54) is 25.1 Å². The van der Waals surface area contributed by atoms with Gasteiger partial charge in [-0.05, 0) is 31.0 Å². The molecule has 3 aromatic rings. The molecule has 0 spiro atoms. The Morgan fingerprint density at radius 1 is 1.14 bits per heavy atom. The van der Waals surface area contributed by atoms with Crippen molar-refractivity contribution in [2.24, 2.45) is 0 Å². The topological polar surface area (TPSA) is 111 Å². The summed E-state index contributed by atoms with van der Waals surface area (Å²) >= 11 is 0. The van der Waals surface area contributed by atoms with Crippen LogP contribution in [0.5, 0.6) is 5.75 Å². The average molecular weight is 401 g/mol. The molecule has 0 radical (unpaired) electrons. The van der Waals surface area contributed by atoms with Gasteiger partial charge in [0.05, 0.1) is 11.5 Å². The standard InChI is InChI=1S/C19H19N3O5S/c1-14-6-2-9-16(22(23)24)19(14)28(25,26)21-12-5-13-27-17-10-3-7-15-8-4-11-20-18(15)17/h2-4,6-11,21H,5,12-13H2,1H3. The lowest BCUT2D eigenvalue weighted by atomic mass is 10.2. The lowest BCUT2D eigenvalue weighted by molar-refractivity contribution is -0.387. The molecule has 1 aromatic heterocycles. The molecule has 0 saturated carbocycles. The highest BCUT2D eigenvalue weighted by atomic mass is 32.2. The van der Waals surface area contributed by atoms with Crippen molar-refractivity contribution in [3.05, 3.63) is 70.4 Å². The van der Waals surface area contributed by atoms with E-state index in [0.29, 0.717) is 17.7 Å². The first-order valence-electron chi connectivity index (χ1n) is 8.60. The minimum absolute atomic E-state index is 0.0893. The third kappa shape index (κ3) is 4.26. The highest BCUT2D eigenvalue weighted by molar-refractivity contribution is 7.89. The number of hydrogen-bond donors (Lipinski definition) is 1. The monoisotopic (exact) mass is 401 g/mol. The molecule has 0 fully saturated rings. The van der Waals surface area contributed by atoms with Crippen molar-refractivity contribution in [2.45, 2.75) is 18.2 Å². The number of rotatable bonds is 8. The number of nitro benzene ring substituents is 1. The maximum atomic E-state index is 12.5. The second kappa shape index (κ2) is 8.32. The minimum Gasteiger partial charge on any atom is -0.491 e. The zero-order valence-electron chi connectivity index (χ0n) is 15.2. The Morgan fingerprint density at radius 2 is 1.89 bits per heavy atom. The van der Waals surface area contributed by atoms with E-state index >= 15 is 0 Å². The third-order valence-corrected chi connectivity index (χ3v) is 5.78. The molecule has 2 aromatic carbocycles. The summed E-state index contributed by atoms with van der Waals surface area (Å²) < 4.78 is 33.2. The molecule has 0 saturated heterocycles. The summed E-state index contributed by atoms with van der Waals surface area (Å²) in [6, 6.07) is 13.5. The molecule has 8 nitrogen and oxygen atoms in total. The van der Waals surface area contributed by atoms with Crippen molar-refractivity contribution in [1.29, 1.82) is 0 Å². The number of fused-ring (bicyclic) bond motifs is 1.